The van der Waals surface area contributed by atoms with Gasteiger partial charge in [0, 0.05) is 17.8 Å². The number of carbonyl (C=O) groups excluding carboxylic acids is 2. The van der Waals surface area contributed by atoms with Crippen LogP contribution >= 0.6 is 34.8 Å². The average Bonchev–Trinajstić information content (AvgIpc) is 3.01. The maximum absolute atomic E-state index is 13.1. The highest BCUT2D eigenvalue weighted by molar-refractivity contribution is 6.36. The Bertz CT molecular complexity index is 1160. The van der Waals surface area contributed by atoms with Crippen LogP contribution in [0.3, 0.4) is 0 Å². The van der Waals surface area contributed by atoms with Gasteiger partial charge in [0.25, 0.3) is 5.91 Å². The molecular weight excluding hydrogens is 470 g/mol. The summed E-state index contributed by atoms with van der Waals surface area (Å²) in [5.74, 6) is -1.69. The highest BCUT2D eigenvalue weighted by Gasteiger charge is 2.14. The van der Waals surface area contributed by atoms with Gasteiger partial charge in [0.2, 0.25) is 0 Å². The van der Waals surface area contributed by atoms with Crippen molar-refractivity contribution in [1.29, 1.82) is 0 Å². The molecule has 3 rings (SSSR count). The predicted octanol–water partition coefficient (Wildman–Crippen LogP) is 4.87. The van der Waals surface area contributed by atoms with Gasteiger partial charge in [-0.2, -0.15) is 5.10 Å². The molecule has 2 heterocycles. The summed E-state index contributed by atoms with van der Waals surface area (Å²) >= 11 is 18.0. The molecule has 11 heteroatoms. The molecule has 0 radical (unpaired) electrons. The number of anilines is 1. The van der Waals surface area contributed by atoms with Crippen molar-refractivity contribution in [3.63, 3.8) is 0 Å². The number of carbonyl (C=O) groups is 2. The molecule has 0 atom stereocenters. The molecule has 0 aliphatic heterocycles. The van der Waals surface area contributed by atoms with Crippen LogP contribution < -0.4 is 5.32 Å². The Labute approximate surface area is 191 Å². The van der Waals surface area contributed by atoms with Crippen LogP contribution in [-0.4, -0.2) is 33.2 Å². The zero-order valence-electron chi connectivity index (χ0n) is 15.9. The number of ether oxygens (including phenoxy) is 1. The van der Waals surface area contributed by atoms with Crippen molar-refractivity contribution in [3.05, 3.63) is 74.9 Å². The first-order valence-corrected chi connectivity index (χ1v) is 9.85. The van der Waals surface area contributed by atoms with Gasteiger partial charge in [0.15, 0.2) is 12.4 Å². The highest BCUT2D eigenvalue weighted by Crippen LogP contribution is 2.25. The fourth-order valence-electron chi connectivity index (χ4n) is 2.46. The number of aryl methyl sites for hydroxylation is 1. The monoisotopic (exact) mass is 482 g/mol. The summed E-state index contributed by atoms with van der Waals surface area (Å²) in [6.45, 7) is 1.15. The normalized spacial score (nSPS) is 11.0. The minimum Gasteiger partial charge on any atom is -0.452 e. The van der Waals surface area contributed by atoms with Crippen molar-refractivity contribution in [3.8, 4) is 5.69 Å². The van der Waals surface area contributed by atoms with Gasteiger partial charge in [0.1, 0.15) is 11.0 Å². The van der Waals surface area contributed by atoms with Crippen molar-refractivity contribution in [2.24, 2.45) is 0 Å². The first-order chi connectivity index (χ1) is 14.7. The zero-order chi connectivity index (χ0) is 22.5. The van der Waals surface area contributed by atoms with Gasteiger partial charge < -0.3 is 10.1 Å². The smallest absolute Gasteiger partial charge is 0.331 e. The van der Waals surface area contributed by atoms with E-state index >= 15 is 0 Å². The van der Waals surface area contributed by atoms with E-state index in [9.17, 15) is 14.0 Å². The van der Waals surface area contributed by atoms with Crippen LogP contribution in [0.5, 0.6) is 0 Å². The largest absolute Gasteiger partial charge is 0.452 e. The van der Waals surface area contributed by atoms with Gasteiger partial charge in [-0.05, 0) is 43.3 Å². The summed E-state index contributed by atoms with van der Waals surface area (Å²) in [5.41, 5.74) is 1.58. The molecule has 1 N–H and O–H groups in total. The second-order valence-electron chi connectivity index (χ2n) is 6.15. The molecule has 3 aromatic rings. The second kappa shape index (κ2) is 9.91. The molecule has 1 amide bonds. The second-order valence-corrected chi connectivity index (χ2v) is 7.35. The van der Waals surface area contributed by atoms with Crippen molar-refractivity contribution in [2.75, 3.05) is 11.9 Å². The van der Waals surface area contributed by atoms with Crippen LogP contribution in [0.4, 0.5) is 10.2 Å². The molecule has 1 aromatic carbocycles. The lowest BCUT2D eigenvalue weighted by Crippen LogP contribution is -2.20. The van der Waals surface area contributed by atoms with E-state index in [4.69, 9.17) is 39.5 Å². The number of halogens is 4. The zero-order valence-corrected chi connectivity index (χ0v) is 18.2. The Hall–Kier alpha value is -2.94. The van der Waals surface area contributed by atoms with Crippen molar-refractivity contribution in [1.82, 2.24) is 14.8 Å². The topological polar surface area (TPSA) is 86.1 Å². The number of rotatable bonds is 6. The molecule has 0 fully saturated rings. The quantitative estimate of drug-likeness (QED) is 0.399. The van der Waals surface area contributed by atoms with E-state index < -0.39 is 18.5 Å². The number of nitrogens with one attached hydrogen (secondary N) is 1. The number of benzene rings is 1. The highest BCUT2D eigenvalue weighted by atomic mass is 35.5. The molecule has 160 valence electrons. The van der Waals surface area contributed by atoms with Crippen molar-refractivity contribution >= 4 is 58.6 Å². The van der Waals surface area contributed by atoms with Crippen LogP contribution in [0.2, 0.25) is 15.2 Å². The number of hydrogen-bond acceptors (Lipinski definition) is 5. The fourth-order valence-corrected chi connectivity index (χ4v) is 3.23. The lowest BCUT2D eigenvalue weighted by atomic mass is 10.2. The number of nitrogens with zero attached hydrogens (tertiary/aromatic N) is 3. The van der Waals surface area contributed by atoms with E-state index in [0.717, 1.165) is 6.08 Å². The molecule has 0 spiro atoms. The Morgan fingerprint density at radius 3 is 2.61 bits per heavy atom. The Kier molecular flexibility index (Phi) is 7.27. The molecule has 7 nitrogen and oxygen atoms in total. The van der Waals surface area contributed by atoms with E-state index in [-0.39, 0.29) is 21.8 Å². The van der Waals surface area contributed by atoms with Gasteiger partial charge in [-0.1, -0.05) is 34.8 Å². The molecule has 31 heavy (non-hydrogen) atoms. The molecule has 0 saturated carbocycles. The molecule has 0 aliphatic carbocycles. The number of amides is 1. The van der Waals surface area contributed by atoms with Crippen LogP contribution in [0.15, 0.2) is 42.6 Å². The minimum absolute atomic E-state index is 0.0956. The van der Waals surface area contributed by atoms with Crippen LogP contribution in [0.25, 0.3) is 11.8 Å². The number of esters is 1. The first kappa shape index (κ1) is 22.7. The van der Waals surface area contributed by atoms with Gasteiger partial charge in [0.05, 0.1) is 21.4 Å². The van der Waals surface area contributed by atoms with E-state index in [0.29, 0.717) is 22.0 Å². The minimum atomic E-state index is -0.768. The summed E-state index contributed by atoms with van der Waals surface area (Å²) in [6.07, 6.45) is 3.85. The van der Waals surface area contributed by atoms with E-state index in [1.165, 1.54) is 47.3 Å². The first-order valence-electron chi connectivity index (χ1n) is 8.71. The number of aromatic nitrogens is 3. The Morgan fingerprint density at radius 1 is 1.23 bits per heavy atom. The molecule has 0 saturated heterocycles. The van der Waals surface area contributed by atoms with Crippen LogP contribution in [-0.2, 0) is 14.3 Å². The third-order valence-electron chi connectivity index (χ3n) is 3.92. The van der Waals surface area contributed by atoms with E-state index in [1.54, 1.807) is 6.92 Å². The Balaban J connectivity index is 1.61. The summed E-state index contributed by atoms with van der Waals surface area (Å²) in [7, 11) is 0. The Morgan fingerprint density at radius 2 is 1.94 bits per heavy atom. The van der Waals surface area contributed by atoms with Gasteiger partial charge in [-0.3, -0.25) is 4.79 Å². The maximum Gasteiger partial charge on any atom is 0.331 e. The molecule has 0 aliphatic rings. The molecule has 0 bridgehead atoms. The third-order valence-corrected chi connectivity index (χ3v) is 4.77. The SMILES string of the molecule is Cc1nn(-c2ccc(F)cc2)c(Cl)c1/C=C/C(=O)OCC(=O)Nc1ncc(Cl)cc1Cl. The number of pyridine rings is 1. The van der Waals surface area contributed by atoms with Gasteiger partial charge in [-0.15, -0.1) is 0 Å². The standard InChI is InChI=1S/C20H14Cl3FN4O3/c1-11-15(19(23)28(27-11)14-4-2-13(24)3-5-14)6-7-18(30)31-10-17(29)26-20-16(22)8-12(21)9-25-20/h2-9H,10H2,1H3,(H,25,26,29)/b7-6+. The molecule has 0 unspecified atom stereocenters. The van der Waals surface area contributed by atoms with Gasteiger partial charge in [-0.25, -0.2) is 18.9 Å². The molecular formula is C20H14Cl3FN4O3. The lowest BCUT2D eigenvalue weighted by Gasteiger charge is -2.06. The number of hydrogen-bond donors (Lipinski definition) is 1. The summed E-state index contributed by atoms with van der Waals surface area (Å²) < 4.78 is 19.4. The van der Waals surface area contributed by atoms with Crippen molar-refractivity contribution in [2.45, 2.75) is 6.92 Å². The van der Waals surface area contributed by atoms with E-state index in [2.05, 4.69) is 15.4 Å². The summed E-state index contributed by atoms with van der Waals surface area (Å²) in [4.78, 5) is 27.8. The lowest BCUT2D eigenvalue weighted by molar-refractivity contribution is -0.142. The summed E-state index contributed by atoms with van der Waals surface area (Å²) in [6, 6.07) is 7.03. The fraction of sp³-hybridized carbons (Fsp3) is 0.100. The predicted molar refractivity (Wildman–Crippen MR) is 116 cm³/mol. The van der Waals surface area contributed by atoms with Crippen LogP contribution in [0.1, 0.15) is 11.3 Å². The maximum atomic E-state index is 13.1. The molecule has 2 aromatic heterocycles. The van der Waals surface area contributed by atoms with E-state index in [1.807, 2.05) is 0 Å². The van der Waals surface area contributed by atoms with Crippen LogP contribution in [0, 0.1) is 12.7 Å². The third kappa shape index (κ3) is 5.81. The summed E-state index contributed by atoms with van der Waals surface area (Å²) in [5, 5.41) is 7.39. The average molecular weight is 484 g/mol. The van der Waals surface area contributed by atoms with Gasteiger partial charge >= 0.3 is 5.97 Å². The van der Waals surface area contributed by atoms with Crippen molar-refractivity contribution < 1.29 is 18.7 Å².